The lowest BCUT2D eigenvalue weighted by atomic mass is 9.87. The van der Waals surface area contributed by atoms with Crippen LogP contribution in [0.3, 0.4) is 0 Å². The van der Waals surface area contributed by atoms with Gasteiger partial charge >= 0.3 is 0 Å². The van der Waals surface area contributed by atoms with Gasteiger partial charge in [0.1, 0.15) is 0 Å². The molecule has 140 valence electrons. The predicted octanol–water partition coefficient (Wildman–Crippen LogP) is 3.68. The fourth-order valence-electron chi connectivity index (χ4n) is 3.18. The van der Waals surface area contributed by atoms with Gasteiger partial charge in [-0.3, -0.25) is 4.99 Å². The molecule has 0 atom stereocenters. The van der Waals surface area contributed by atoms with Gasteiger partial charge in [-0.2, -0.15) is 4.98 Å². The van der Waals surface area contributed by atoms with Crippen LogP contribution in [-0.4, -0.2) is 35.7 Å². The van der Waals surface area contributed by atoms with Gasteiger partial charge in [0.25, 0.3) is 0 Å². The predicted molar refractivity (Wildman–Crippen MR) is 104 cm³/mol. The van der Waals surface area contributed by atoms with E-state index in [9.17, 15) is 0 Å². The molecule has 6 nitrogen and oxygen atoms in total. The van der Waals surface area contributed by atoms with Crippen LogP contribution < -0.4 is 10.6 Å². The summed E-state index contributed by atoms with van der Waals surface area (Å²) >= 11 is 6.01. The summed E-state index contributed by atoms with van der Waals surface area (Å²) in [7, 11) is 1.80. The third-order valence-corrected chi connectivity index (χ3v) is 5.00. The number of aliphatic imine (C=N–C) groups is 1. The Bertz CT molecular complexity index is 737. The molecule has 0 bridgehead atoms. The molecule has 1 heterocycles. The van der Waals surface area contributed by atoms with Crippen molar-refractivity contribution in [3.05, 3.63) is 35.2 Å². The van der Waals surface area contributed by atoms with E-state index in [2.05, 4.69) is 32.7 Å². The topological polar surface area (TPSA) is 75.3 Å². The van der Waals surface area contributed by atoms with E-state index in [0.717, 1.165) is 17.4 Å². The Hall–Kier alpha value is -2.08. The van der Waals surface area contributed by atoms with Crippen LogP contribution in [0.25, 0.3) is 11.4 Å². The Labute approximate surface area is 159 Å². The minimum Gasteiger partial charge on any atom is -0.356 e. The van der Waals surface area contributed by atoms with Gasteiger partial charge in [-0.25, -0.2) is 0 Å². The van der Waals surface area contributed by atoms with Gasteiger partial charge in [0.15, 0.2) is 5.96 Å². The third kappa shape index (κ3) is 5.21. The van der Waals surface area contributed by atoms with E-state index in [-0.39, 0.29) is 0 Å². The van der Waals surface area contributed by atoms with Crippen LogP contribution in [-0.2, 0) is 6.42 Å². The van der Waals surface area contributed by atoms with Crippen molar-refractivity contribution in [3.63, 3.8) is 0 Å². The molecule has 0 saturated heterocycles. The Kier molecular flexibility index (Phi) is 6.50. The second-order valence-corrected chi connectivity index (χ2v) is 7.31. The zero-order chi connectivity index (χ0) is 18.4. The van der Waals surface area contributed by atoms with E-state index in [1.165, 1.54) is 25.7 Å². The molecule has 7 heteroatoms. The van der Waals surface area contributed by atoms with Crippen molar-refractivity contribution >= 4 is 17.6 Å². The van der Waals surface area contributed by atoms with Crippen molar-refractivity contribution in [2.75, 3.05) is 13.6 Å². The minimum atomic E-state index is 0.509. The van der Waals surface area contributed by atoms with Crippen molar-refractivity contribution in [1.29, 1.82) is 0 Å². The first-order valence-corrected chi connectivity index (χ1v) is 9.57. The summed E-state index contributed by atoms with van der Waals surface area (Å²) in [5, 5.41) is 11.5. The molecule has 0 amide bonds. The molecule has 1 aromatic carbocycles. The van der Waals surface area contributed by atoms with E-state index in [0.29, 0.717) is 35.7 Å². The normalized spacial score (nSPS) is 20.8. The maximum atomic E-state index is 6.01. The first-order chi connectivity index (χ1) is 12.6. The molecule has 3 rings (SSSR count). The second-order valence-electron chi connectivity index (χ2n) is 6.87. The van der Waals surface area contributed by atoms with Crippen LogP contribution in [0.1, 0.15) is 38.5 Å². The lowest BCUT2D eigenvalue weighted by Gasteiger charge is -2.28. The lowest BCUT2D eigenvalue weighted by Crippen LogP contribution is -2.45. The van der Waals surface area contributed by atoms with Crippen LogP contribution in [0.5, 0.6) is 0 Å². The standard InChI is InChI=1S/C19H26ClN5O/c1-13-6-8-16(9-7-13)23-19(21-2)22-11-10-17-24-18(25-26-17)14-4-3-5-15(20)12-14/h3-5,12-13,16H,6-11H2,1-2H3,(H2,21,22,23). The van der Waals surface area contributed by atoms with Crippen LogP contribution in [0.15, 0.2) is 33.8 Å². The second kappa shape index (κ2) is 9.03. The fraction of sp³-hybridized carbons (Fsp3) is 0.526. The quantitative estimate of drug-likeness (QED) is 0.616. The molecule has 2 N–H and O–H groups in total. The first-order valence-electron chi connectivity index (χ1n) is 9.19. The molecule has 1 fully saturated rings. The Morgan fingerprint density at radius 3 is 2.85 bits per heavy atom. The molecule has 1 aromatic heterocycles. The van der Waals surface area contributed by atoms with Crippen molar-refractivity contribution < 1.29 is 4.52 Å². The van der Waals surface area contributed by atoms with Crippen molar-refractivity contribution in [2.45, 2.75) is 45.1 Å². The summed E-state index contributed by atoms with van der Waals surface area (Å²) in [6.45, 7) is 3.01. The third-order valence-electron chi connectivity index (χ3n) is 4.76. The number of nitrogens with zero attached hydrogens (tertiary/aromatic N) is 3. The molecule has 0 unspecified atom stereocenters. The molecule has 1 aliphatic rings. The number of hydrogen-bond donors (Lipinski definition) is 2. The van der Waals surface area contributed by atoms with E-state index in [1.54, 1.807) is 7.05 Å². The zero-order valence-electron chi connectivity index (χ0n) is 15.3. The summed E-state index contributed by atoms with van der Waals surface area (Å²) in [5.74, 6) is 2.82. The largest absolute Gasteiger partial charge is 0.356 e. The molecule has 0 aliphatic heterocycles. The Morgan fingerprint density at radius 1 is 1.31 bits per heavy atom. The van der Waals surface area contributed by atoms with E-state index >= 15 is 0 Å². The van der Waals surface area contributed by atoms with Gasteiger partial charge in [-0.15, -0.1) is 0 Å². The minimum absolute atomic E-state index is 0.509. The first kappa shape index (κ1) is 18.7. The average molecular weight is 376 g/mol. The molecule has 1 saturated carbocycles. The molecule has 0 radical (unpaired) electrons. The monoisotopic (exact) mass is 375 g/mol. The van der Waals surface area contributed by atoms with Gasteiger partial charge in [0.05, 0.1) is 0 Å². The van der Waals surface area contributed by atoms with Crippen molar-refractivity contribution in [1.82, 2.24) is 20.8 Å². The molecule has 0 spiro atoms. The Morgan fingerprint density at radius 2 is 2.12 bits per heavy atom. The van der Waals surface area contributed by atoms with Gasteiger partial charge in [-0.05, 0) is 43.7 Å². The summed E-state index contributed by atoms with van der Waals surface area (Å²) in [6.07, 6.45) is 5.60. The van der Waals surface area contributed by atoms with Gasteiger partial charge in [0.2, 0.25) is 11.7 Å². The fourth-order valence-corrected chi connectivity index (χ4v) is 3.37. The van der Waals surface area contributed by atoms with E-state index in [4.69, 9.17) is 16.1 Å². The van der Waals surface area contributed by atoms with Gasteiger partial charge in [-0.1, -0.05) is 35.8 Å². The molecule has 26 heavy (non-hydrogen) atoms. The maximum absolute atomic E-state index is 6.01. The van der Waals surface area contributed by atoms with E-state index < -0.39 is 0 Å². The zero-order valence-corrected chi connectivity index (χ0v) is 16.1. The number of hydrogen-bond acceptors (Lipinski definition) is 4. The number of benzene rings is 1. The van der Waals surface area contributed by atoms with Gasteiger partial charge in [0, 0.05) is 36.6 Å². The molecule has 2 aromatic rings. The summed E-state index contributed by atoms with van der Waals surface area (Å²) in [6, 6.07) is 7.94. The highest BCUT2D eigenvalue weighted by Crippen LogP contribution is 2.23. The highest BCUT2D eigenvalue weighted by Gasteiger charge is 2.18. The summed E-state index contributed by atoms with van der Waals surface area (Å²) in [4.78, 5) is 8.74. The number of nitrogens with one attached hydrogen (secondary N) is 2. The van der Waals surface area contributed by atoms with Crippen LogP contribution >= 0.6 is 11.6 Å². The lowest BCUT2D eigenvalue weighted by molar-refractivity contribution is 0.329. The molecular formula is C19H26ClN5O. The van der Waals surface area contributed by atoms with Crippen LogP contribution in [0.4, 0.5) is 0 Å². The number of rotatable bonds is 5. The Balaban J connectivity index is 1.47. The summed E-state index contributed by atoms with van der Waals surface area (Å²) < 4.78 is 5.33. The van der Waals surface area contributed by atoms with Gasteiger partial charge < -0.3 is 15.2 Å². The van der Waals surface area contributed by atoms with Crippen LogP contribution in [0.2, 0.25) is 5.02 Å². The van der Waals surface area contributed by atoms with Crippen molar-refractivity contribution in [3.8, 4) is 11.4 Å². The SMILES string of the molecule is CN=C(NCCc1nc(-c2cccc(Cl)c2)no1)NC1CCC(C)CC1. The smallest absolute Gasteiger partial charge is 0.228 e. The summed E-state index contributed by atoms with van der Waals surface area (Å²) in [5.41, 5.74) is 0.851. The number of guanidine groups is 1. The number of aromatic nitrogens is 2. The van der Waals surface area contributed by atoms with E-state index in [1.807, 2.05) is 24.3 Å². The highest BCUT2D eigenvalue weighted by molar-refractivity contribution is 6.30. The number of halogens is 1. The molecular weight excluding hydrogens is 350 g/mol. The molecule has 1 aliphatic carbocycles. The highest BCUT2D eigenvalue weighted by atomic mass is 35.5. The van der Waals surface area contributed by atoms with Crippen LogP contribution in [0, 0.1) is 5.92 Å². The maximum Gasteiger partial charge on any atom is 0.228 e. The average Bonchev–Trinajstić information content (AvgIpc) is 3.11. The van der Waals surface area contributed by atoms with Crippen molar-refractivity contribution in [2.24, 2.45) is 10.9 Å².